The summed E-state index contributed by atoms with van der Waals surface area (Å²) in [6.07, 6.45) is 6.87. The van der Waals surface area contributed by atoms with Crippen molar-refractivity contribution in [3.05, 3.63) is 47.0 Å². The fraction of sp³-hybridized carbons (Fsp3) is 0.500. The van der Waals surface area contributed by atoms with Crippen LogP contribution < -0.4 is 0 Å². The Kier molecular flexibility index (Phi) is 7.92. The maximum atomic E-state index is 13.3. The lowest BCUT2D eigenvalue weighted by molar-refractivity contribution is 0.0658. The van der Waals surface area contributed by atoms with Crippen molar-refractivity contribution in [3.63, 3.8) is 0 Å². The van der Waals surface area contributed by atoms with Gasteiger partial charge >= 0.3 is 0 Å². The topological polar surface area (TPSA) is 101 Å². The Bertz CT molecular complexity index is 1080. The van der Waals surface area contributed by atoms with Gasteiger partial charge in [0.1, 0.15) is 23.5 Å². The largest absolute Gasteiger partial charge is 0.345 e. The summed E-state index contributed by atoms with van der Waals surface area (Å²) in [6, 6.07) is 7.32. The van der Waals surface area contributed by atoms with Gasteiger partial charge in [0.15, 0.2) is 0 Å². The Hall–Kier alpha value is -3.56. The van der Waals surface area contributed by atoms with Gasteiger partial charge in [-0.1, -0.05) is 6.42 Å². The summed E-state index contributed by atoms with van der Waals surface area (Å²) >= 11 is 0. The second-order valence-corrected chi connectivity index (χ2v) is 8.59. The van der Waals surface area contributed by atoms with Crippen molar-refractivity contribution >= 4 is 11.8 Å². The van der Waals surface area contributed by atoms with E-state index < -0.39 is 0 Å². The normalized spacial score (nSPS) is 13.8. The van der Waals surface area contributed by atoms with Crippen LogP contribution in [0.2, 0.25) is 0 Å². The number of nitriles is 2. The van der Waals surface area contributed by atoms with E-state index in [-0.39, 0.29) is 11.8 Å². The number of nitrogens with zero attached hydrogens (tertiary/aromatic N) is 7. The van der Waals surface area contributed by atoms with Gasteiger partial charge in [0.2, 0.25) is 0 Å². The summed E-state index contributed by atoms with van der Waals surface area (Å²) in [4.78, 5) is 32.0. The lowest BCUT2D eigenvalue weighted by atomic mass is 10.1. The molecule has 0 unspecified atom stereocenters. The summed E-state index contributed by atoms with van der Waals surface area (Å²) in [5.41, 5.74) is 1.77. The van der Waals surface area contributed by atoms with Crippen LogP contribution in [0.1, 0.15) is 51.4 Å². The highest BCUT2D eigenvalue weighted by Crippen LogP contribution is 2.13. The predicted molar refractivity (Wildman–Crippen MR) is 123 cm³/mol. The van der Waals surface area contributed by atoms with Crippen molar-refractivity contribution in [2.24, 2.45) is 14.1 Å². The summed E-state index contributed by atoms with van der Waals surface area (Å²) in [6.45, 7) is 4.14. The van der Waals surface area contributed by atoms with E-state index in [1.807, 2.05) is 0 Å². The Morgan fingerprint density at radius 2 is 1.42 bits per heavy atom. The van der Waals surface area contributed by atoms with Crippen LogP contribution in [0.3, 0.4) is 0 Å². The number of hydrogen-bond acceptors (Lipinski definition) is 5. The molecule has 0 bridgehead atoms. The van der Waals surface area contributed by atoms with Gasteiger partial charge in [-0.3, -0.25) is 9.59 Å². The van der Waals surface area contributed by atoms with Gasteiger partial charge in [-0.05, 0) is 38.1 Å². The third kappa shape index (κ3) is 5.82. The third-order valence-electron chi connectivity index (χ3n) is 6.18. The molecule has 1 saturated heterocycles. The number of rotatable bonds is 8. The van der Waals surface area contributed by atoms with Gasteiger partial charge in [0.05, 0.1) is 11.1 Å². The van der Waals surface area contributed by atoms with E-state index in [0.717, 1.165) is 19.6 Å². The van der Waals surface area contributed by atoms with E-state index in [2.05, 4.69) is 17.0 Å². The van der Waals surface area contributed by atoms with Crippen LogP contribution in [-0.4, -0.2) is 82.0 Å². The van der Waals surface area contributed by atoms with Crippen molar-refractivity contribution in [1.29, 1.82) is 10.5 Å². The molecule has 1 aliphatic rings. The molecule has 1 fully saturated rings. The molecule has 3 rings (SSSR count). The Morgan fingerprint density at radius 3 is 1.94 bits per heavy atom. The minimum atomic E-state index is -0.201. The fourth-order valence-corrected chi connectivity index (χ4v) is 4.17. The minimum Gasteiger partial charge on any atom is -0.345 e. The standard InChI is InChI=1S/C24H31N7O2/c1-27(23(32)21-13-19(15-25)17-28(21)2)9-11-31(12-10-30-7-5-4-6-8-30)24(33)22-14-20(16-26)18-29(22)3/h13-14,17-18H,4-12H2,1-3H3. The van der Waals surface area contributed by atoms with Crippen molar-refractivity contribution < 1.29 is 9.59 Å². The highest BCUT2D eigenvalue weighted by Gasteiger charge is 2.23. The zero-order valence-corrected chi connectivity index (χ0v) is 19.6. The average molecular weight is 450 g/mol. The smallest absolute Gasteiger partial charge is 0.270 e. The molecule has 0 atom stereocenters. The first-order valence-electron chi connectivity index (χ1n) is 11.2. The zero-order chi connectivity index (χ0) is 24.0. The molecule has 2 aromatic rings. The first kappa shape index (κ1) is 24.1. The van der Waals surface area contributed by atoms with Crippen LogP contribution in [0.4, 0.5) is 0 Å². The molecule has 2 amide bonds. The predicted octanol–water partition coefficient (Wildman–Crippen LogP) is 1.81. The van der Waals surface area contributed by atoms with E-state index in [1.54, 1.807) is 64.6 Å². The molecule has 2 aromatic heterocycles. The van der Waals surface area contributed by atoms with Gasteiger partial charge in [-0.25, -0.2) is 0 Å². The van der Waals surface area contributed by atoms with Gasteiger partial charge in [0, 0.05) is 59.7 Å². The monoisotopic (exact) mass is 449 g/mol. The molecule has 0 aliphatic carbocycles. The number of likely N-dealkylation sites (N-methyl/N-ethyl adjacent to an activating group) is 1. The highest BCUT2D eigenvalue weighted by atomic mass is 16.2. The molecule has 0 N–H and O–H groups in total. The summed E-state index contributed by atoms with van der Waals surface area (Å²) < 4.78 is 3.32. The van der Waals surface area contributed by atoms with Gasteiger partial charge < -0.3 is 23.8 Å². The lowest BCUT2D eigenvalue weighted by Gasteiger charge is -2.31. The van der Waals surface area contributed by atoms with E-state index >= 15 is 0 Å². The van der Waals surface area contributed by atoms with Crippen molar-refractivity contribution in [1.82, 2.24) is 23.8 Å². The molecule has 174 valence electrons. The van der Waals surface area contributed by atoms with Crippen LogP contribution in [0, 0.1) is 22.7 Å². The number of carbonyl (C=O) groups is 2. The molecule has 9 nitrogen and oxygen atoms in total. The summed E-state index contributed by atoms with van der Waals surface area (Å²) in [5, 5.41) is 18.3. The molecule has 0 radical (unpaired) electrons. The van der Waals surface area contributed by atoms with Crippen LogP contribution in [0.5, 0.6) is 0 Å². The Balaban J connectivity index is 1.71. The Labute approximate surface area is 195 Å². The van der Waals surface area contributed by atoms with E-state index in [0.29, 0.717) is 42.1 Å². The van der Waals surface area contributed by atoms with Gasteiger partial charge in [0.25, 0.3) is 11.8 Å². The maximum Gasteiger partial charge on any atom is 0.270 e. The quantitative estimate of drug-likeness (QED) is 0.612. The lowest BCUT2D eigenvalue weighted by Crippen LogP contribution is -2.44. The van der Waals surface area contributed by atoms with Crippen molar-refractivity contribution in [2.45, 2.75) is 19.3 Å². The van der Waals surface area contributed by atoms with Crippen LogP contribution in [0.25, 0.3) is 0 Å². The number of amides is 2. The molecular weight excluding hydrogens is 418 g/mol. The molecule has 0 aromatic carbocycles. The number of piperidine rings is 1. The number of hydrogen-bond donors (Lipinski definition) is 0. The van der Waals surface area contributed by atoms with E-state index in [1.165, 1.54) is 19.3 Å². The second kappa shape index (κ2) is 10.8. The zero-order valence-electron chi connectivity index (χ0n) is 19.6. The summed E-state index contributed by atoms with van der Waals surface area (Å²) in [7, 11) is 5.19. The van der Waals surface area contributed by atoms with E-state index in [4.69, 9.17) is 5.26 Å². The molecule has 3 heterocycles. The maximum absolute atomic E-state index is 13.3. The molecule has 1 aliphatic heterocycles. The van der Waals surface area contributed by atoms with Crippen LogP contribution >= 0.6 is 0 Å². The fourth-order valence-electron chi connectivity index (χ4n) is 4.17. The van der Waals surface area contributed by atoms with Gasteiger partial charge in [-0.15, -0.1) is 0 Å². The third-order valence-corrected chi connectivity index (χ3v) is 6.18. The van der Waals surface area contributed by atoms with Crippen LogP contribution in [0.15, 0.2) is 24.5 Å². The number of likely N-dealkylation sites (tertiary alicyclic amines) is 1. The molecule has 33 heavy (non-hydrogen) atoms. The number of aryl methyl sites for hydroxylation is 2. The molecular formula is C24H31N7O2. The van der Waals surface area contributed by atoms with Crippen molar-refractivity contribution in [2.75, 3.05) is 46.3 Å². The Morgan fingerprint density at radius 1 is 0.879 bits per heavy atom. The molecule has 0 spiro atoms. The summed E-state index contributed by atoms with van der Waals surface area (Å²) in [5.74, 6) is -0.351. The number of carbonyl (C=O) groups excluding carboxylic acids is 2. The first-order chi connectivity index (χ1) is 15.8. The van der Waals surface area contributed by atoms with Crippen molar-refractivity contribution in [3.8, 4) is 12.1 Å². The minimum absolute atomic E-state index is 0.150. The first-order valence-corrected chi connectivity index (χ1v) is 11.2. The van der Waals surface area contributed by atoms with Gasteiger partial charge in [-0.2, -0.15) is 10.5 Å². The van der Waals surface area contributed by atoms with E-state index in [9.17, 15) is 14.9 Å². The number of aromatic nitrogens is 2. The van der Waals surface area contributed by atoms with Crippen LogP contribution in [-0.2, 0) is 14.1 Å². The average Bonchev–Trinajstić information content (AvgIpc) is 3.40. The SMILES string of the molecule is CN(CCN(CCN1CCCCC1)C(=O)c1cc(C#N)cn1C)C(=O)c1cc(C#N)cn1C. The highest BCUT2D eigenvalue weighted by molar-refractivity contribution is 5.94. The molecule has 0 saturated carbocycles. The molecule has 9 heteroatoms. The second-order valence-electron chi connectivity index (χ2n) is 8.59.